The first kappa shape index (κ1) is 79.9. The SMILES string of the molecule is O=C=NCCCCCCn1c(=O)n(CCCCCCN=C=O)c(=O)n(CCCCCCNC(=O)N(CCCCCCn2c(=O)n(CCCCCCN=C=O)c(=O)n(CCCCCCN=C=O)c2=O)C(=O)OCCOCCOCCOCCOCCOCCO)c1=O. The third-order valence-corrected chi connectivity index (χ3v) is 14.4. The summed E-state index contributed by atoms with van der Waals surface area (Å²) in [7, 11) is 0. The van der Waals surface area contributed by atoms with Gasteiger partial charge in [-0.05, 0) is 77.0 Å². The summed E-state index contributed by atoms with van der Waals surface area (Å²) in [5.74, 6) is 0. The molecule has 0 aliphatic rings. The highest BCUT2D eigenvalue weighted by atomic mass is 16.6. The number of hydrogen-bond donors (Lipinski definition) is 2. The molecular weight excluding hydrogens is 1190 g/mol. The van der Waals surface area contributed by atoms with E-state index in [-0.39, 0.29) is 92.0 Å². The molecule has 0 aromatic carbocycles. The number of hydrogen-bond acceptors (Lipinski definition) is 23. The molecule has 0 saturated heterocycles. The molecule has 0 aliphatic carbocycles. The number of nitrogens with one attached hydrogen (secondary N) is 1. The van der Waals surface area contributed by atoms with Crippen molar-refractivity contribution in [2.24, 2.45) is 20.0 Å². The van der Waals surface area contributed by atoms with Crippen LogP contribution in [0.15, 0.2) is 48.7 Å². The van der Waals surface area contributed by atoms with Gasteiger partial charge in [-0.2, -0.15) is 0 Å². The molecule has 0 fully saturated rings. The molecular formula is C60H98N12O19. The predicted molar refractivity (Wildman–Crippen MR) is 334 cm³/mol. The van der Waals surface area contributed by atoms with Gasteiger partial charge in [0.2, 0.25) is 24.3 Å². The van der Waals surface area contributed by atoms with E-state index in [4.69, 9.17) is 33.5 Å². The number of amides is 3. The Labute approximate surface area is 529 Å². The number of imide groups is 1. The second-order valence-electron chi connectivity index (χ2n) is 21.3. The Morgan fingerprint density at radius 2 is 0.604 bits per heavy atom. The van der Waals surface area contributed by atoms with Crippen LogP contribution in [0.1, 0.15) is 154 Å². The molecule has 3 amide bonds. The fraction of sp³-hybridized carbons (Fsp3) is 0.800. The summed E-state index contributed by atoms with van der Waals surface area (Å²) in [5.41, 5.74) is -4.19. The van der Waals surface area contributed by atoms with Crippen molar-refractivity contribution in [3.05, 3.63) is 62.9 Å². The van der Waals surface area contributed by atoms with Gasteiger partial charge in [-0.1, -0.05) is 77.0 Å². The highest BCUT2D eigenvalue weighted by Crippen LogP contribution is 2.09. The van der Waals surface area contributed by atoms with Gasteiger partial charge in [-0.15, -0.1) is 0 Å². The van der Waals surface area contributed by atoms with Gasteiger partial charge < -0.3 is 38.8 Å². The molecule has 0 radical (unpaired) electrons. The number of aliphatic imine (C=N–C) groups is 4. The lowest BCUT2D eigenvalue weighted by atomic mass is 10.2. The summed E-state index contributed by atoms with van der Waals surface area (Å²) < 4.78 is 39.0. The van der Waals surface area contributed by atoms with Crippen molar-refractivity contribution in [3.8, 4) is 0 Å². The maximum Gasteiger partial charge on any atom is 0.418 e. The van der Waals surface area contributed by atoms with Crippen molar-refractivity contribution in [1.82, 2.24) is 37.6 Å². The van der Waals surface area contributed by atoms with Crippen molar-refractivity contribution < 1.29 is 62.3 Å². The smallest absolute Gasteiger partial charge is 0.418 e. The molecule has 0 bridgehead atoms. The van der Waals surface area contributed by atoms with Gasteiger partial charge in [0.25, 0.3) is 0 Å². The number of urea groups is 1. The van der Waals surface area contributed by atoms with Crippen molar-refractivity contribution in [3.63, 3.8) is 0 Å². The van der Waals surface area contributed by atoms with Crippen LogP contribution in [0.3, 0.4) is 0 Å². The third kappa shape index (κ3) is 35.9. The number of isocyanates is 4. The number of unbranched alkanes of at least 4 members (excludes halogenated alkanes) is 18. The molecule has 2 heterocycles. The lowest BCUT2D eigenvalue weighted by Crippen LogP contribution is -2.54. The second-order valence-corrected chi connectivity index (χ2v) is 21.3. The molecule has 0 unspecified atom stereocenters. The Morgan fingerprint density at radius 1 is 0.352 bits per heavy atom. The highest BCUT2D eigenvalue weighted by Gasteiger charge is 2.23. The van der Waals surface area contributed by atoms with Crippen LogP contribution in [-0.2, 0) is 86.9 Å². The van der Waals surface area contributed by atoms with E-state index in [9.17, 15) is 57.5 Å². The topological polar surface area (TPSA) is 375 Å². The molecule has 0 aliphatic heterocycles. The van der Waals surface area contributed by atoms with E-state index in [0.717, 1.165) is 45.1 Å². The Hall–Kier alpha value is -7.16. The van der Waals surface area contributed by atoms with Crippen LogP contribution in [0.2, 0.25) is 0 Å². The van der Waals surface area contributed by atoms with Gasteiger partial charge in [0.05, 0.1) is 98.9 Å². The zero-order chi connectivity index (χ0) is 66.2. The molecule has 0 spiro atoms. The van der Waals surface area contributed by atoms with Gasteiger partial charge >= 0.3 is 46.3 Å². The number of carbonyl (C=O) groups excluding carboxylic acids is 6. The molecule has 512 valence electrons. The second kappa shape index (κ2) is 54.6. The fourth-order valence-electron chi connectivity index (χ4n) is 9.47. The number of ether oxygens (including phenoxy) is 6. The molecule has 0 saturated carbocycles. The van der Waals surface area contributed by atoms with Crippen LogP contribution in [0.25, 0.3) is 0 Å². The first-order chi connectivity index (χ1) is 44.5. The molecule has 31 heteroatoms. The van der Waals surface area contributed by atoms with Gasteiger partial charge in [-0.3, -0.25) is 0 Å². The maximum absolute atomic E-state index is 13.7. The number of rotatable bonds is 59. The third-order valence-electron chi connectivity index (χ3n) is 14.4. The summed E-state index contributed by atoms with van der Waals surface area (Å²) >= 11 is 0. The van der Waals surface area contributed by atoms with E-state index < -0.39 is 46.3 Å². The van der Waals surface area contributed by atoms with E-state index in [0.29, 0.717) is 207 Å². The van der Waals surface area contributed by atoms with Crippen LogP contribution in [0.5, 0.6) is 0 Å². The van der Waals surface area contributed by atoms with Crippen LogP contribution < -0.4 is 39.5 Å². The zero-order valence-corrected chi connectivity index (χ0v) is 53.2. The first-order valence-electron chi connectivity index (χ1n) is 32.3. The number of aliphatic hydroxyl groups is 1. The van der Waals surface area contributed by atoms with E-state index in [2.05, 4.69) is 25.3 Å². The van der Waals surface area contributed by atoms with Crippen molar-refractivity contribution in [2.75, 3.05) is 119 Å². The van der Waals surface area contributed by atoms with Crippen LogP contribution in [0, 0.1) is 0 Å². The van der Waals surface area contributed by atoms with E-state index in [1.807, 2.05) is 0 Å². The maximum atomic E-state index is 13.7. The molecule has 2 aromatic rings. The van der Waals surface area contributed by atoms with Gasteiger partial charge in [0, 0.05) is 52.4 Å². The zero-order valence-electron chi connectivity index (χ0n) is 53.2. The Balaban J connectivity index is 2.09. The summed E-state index contributed by atoms with van der Waals surface area (Å²) in [6.07, 6.45) is 18.9. The Morgan fingerprint density at radius 3 is 0.890 bits per heavy atom. The highest BCUT2D eigenvalue weighted by molar-refractivity contribution is 5.90. The van der Waals surface area contributed by atoms with Crippen molar-refractivity contribution >= 4 is 36.4 Å². The average Bonchev–Trinajstić information content (AvgIpc) is 0.839. The number of nitrogens with zero attached hydrogens (tertiary/aromatic N) is 11. The van der Waals surface area contributed by atoms with Crippen LogP contribution in [-0.4, -0.2) is 192 Å². The average molecular weight is 1290 g/mol. The van der Waals surface area contributed by atoms with E-state index in [1.54, 1.807) is 0 Å². The summed E-state index contributed by atoms with van der Waals surface area (Å²) in [4.78, 5) is 166. The van der Waals surface area contributed by atoms with E-state index >= 15 is 0 Å². The quantitative estimate of drug-likeness (QED) is 0.0545. The Bertz CT molecular complexity index is 2780. The fourth-order valence-corrected chi connectivity index (χ4v) is 9.47. The van der Waals surface area contributed by atoms with Crippen molar-refractivity contribution in [2.45, 2.75) is 193 Å². The number of carbonyl (C=O) groups is 2. The summed E-state index contributed by atoms with van der Waals surface area (Å²) in [6.45, 7) is 4.65. The van der Waals surface area contributed by atoms with Crippen LogP contribution >= 0.6 is 0 Å². The minimum Gasteiger partial charge on any atom is -0.447 e. The number of aromatic nitrogens is 6. The standard InChI is InChI=1S/C60H98N12O19/c73-37-38-86-39-40-87-41-42-88-43-44-89-45-46-90-47-48-91-60(85)66(30-18-11-12-24-36-72-58(83)69(33-21-8-3-15-27-63-51-76)55(80)70(59(72)84)34-22-9-4-16-28-64-52-77)53(78)65-29-17-5-10-23-35-71-56(81)67(31-19-6-1-13-25-61-49-74)54(79)68(57(71)82)32-20-7-2-14-26-62-50-75/h73H,1-48H2,(H,65,78). The monoisotopic (exact) mass is 1290 g/mol. The predicted octanol–water partition coefficient (Wildman–Crippen LogP) is 3.29. The van der Waals surface area contributed by atoms with Crippen molar-refractivity contribution in [1.29, 1.82) is 0 Å². The minimum atomic E-state index is -0.902. The summed E-state index contributed by atoms with van der Waals surface area (Å²) in [5, 5.41) is 11.5. The molecule has 0 atom stereocenters. The van der Waals surface area contributed by atoms with Gasteiger partial charge in [-0.25, -0.2) is 110 Å². The van der Waals surface area contributed by atoms with E-state index in [1.165, 1.54) is 24.3 Å². The number of aliphatic hydroxyl groups excluding tert-OH is 1. The molecule has 91 heavy (non-hydrogen) atoms. The lowest BCUT2D eigenvalue weighted by Gasteiger charge is -2.21. The van der Waals surface area contributed by atoms with Gasteiger partial charge in [0.15, 0.2) is 0 Å². The molecule has 2 rings (SSSR count). The Kier molecular flexibility index (Phi) is 47.9. The molecule has 31 nitrogen and oxygen atoms in total. The lowest BCUT2D eigenvalue weighted by molar-refractivity contribution is -0.0161. The molecule has 2 N–H and O–H groups in total. The van der Waals surface area contributed by atoms with Gasteiger partial charge in [0.1, 0.15) is 6.61 Å². The van der Waals surface area contributed by atoms with Crippen LogP contribution in [0.4, 0.5) is 9.59 Å². The molecule has 2 aromatic heterocycles. The first-order valence-corrected chi connectivity index (χ1v) is 32.3. The largest absolute Gasteiger partial charge is 0.447 e. The summed E-state index contributed by atoms with van der Waals surface area (Å²) in [6, 6.07) is -0.697. The minimum absolute atomic E-state index is 0.0162. The normalized spacial score (nSPS) is 11.0.